The smallest absolute Gasteiger partial charge is 0.376 e. The molecular weight excluding hydrogens is 322 g/mol. The summed E-state index contributed by atoms with van der Waals surface area (Å²) in [5, 5.41) is 2.64. The van der Waals surface area contributed by atoms with Gasteiger partial charge in [-0.15, -0.1) is 0 Å². The van der Waals surface area contributed by atoms with Crippen LogP contribution in [0.5, 0.6) is 5.88 Å². The van der Waals surface area contributed by atoms with Crippen LogP contribution in [0.25, 0.3) is 0 Å². The van der Waals surface area contributed by atoms with Gasteiger partial charge in [0.25, 0.3) is 5.79 Å². The van der Waals surface area contributed by atoms with Gasteiger partial charge < -0.3 is 24.3 Å². The second kappa shape index (κ2) is 6.52. The van der Waals surface area contributed by atoms with E-state index in [9.17, 15) is 14.4 Å². The number of carbonyl (C=O) groups is 3. The van der Waals surface area contributed by atoms with E-state index in [0.29, 0.717) is 0 Å². The van der Waals surface area contributed by atoms with Gasteiger partial charge in [-0.25, -0.2) is 19.4 Å². The lowest BCUT2D eigenvalue weighted by Gasteiger charge is -2.29. The lowest BCUT2D eigenvalue weighted by Crippen LogP contribution is -2.42. The van der Waals surface area contributed by atoms with Crippen molar-refractivity contribution in [2.24, 2.45) is 0 Å². The molecule has 0 amide bonds. The molecule has 10 nitrogen and oxygen atoms in total. The summed E-state index contributed by atoms with van der Waals surface area (Å²) in [5.74, 6) is -3.93. The molecule has 0 unspecified atom stereocenters. The molecule has 0 aromatic carbocycles. The van der Waals surface area contributed by atoms with Crippen LogP contribution in [0.1, 0.15) is 24.5 Å². The fourth-order valence-electron chi connectivity index (χ4n) is 1.74. The molecule has 10 heteroatoms. The maximum atomic E-state index is 11.8. The van der Waals surface area contributed by atoms with Crippen molar-refractivity contribution in [3.63, 3.8) is 0 Å². The number of hydrogen-bond acceptors (Lipinski definition) is 10. The Labute approximate surface area is 136 Å². The topological polar surface area (TPSA) is 126 Å². The van der Waals surface area contributed by atoms with Crippen molar-refractivity contribution in [1.82, 2.24) is 9.97 Å². The summed E-state index contributed by atoms with van der Waals surface area (Å²) < 4.78 is 19.4. The molecule has 1 N–H and O–H groups in total. The summed E-state index contributed by atoms with van der Waals surface area (Å²) in [7, 11) is 2.52. The second-order valence-electron chi connectivity index (χ2n) is 4.99. The van der Waals surface area contributed by atoms with E-state index in [1.165, 1.54) is 34.3 Å². The zero-order chi connectivity index (χ0) is 17.9. The summed E-state index contributed by atoms with van der Waals surface area (Å²) >= 11 is 0. The highest BCUT2D eigenvalue weighted by Gasteiger charge is 2.39. The number of methoxy groups -OCH3 is 2. The number of rotatable bonds is 4. The largest absolute Gasteiger partial charge is 0.479 e. The van der Waals surface area contributed by atoms with E-state index < -0.39 is 23.7 Å². The minimum Gasteiger partial charge on any atom is -0.479 e. The summed E-state index contributed by atoms with van der Waals surface area (Å²) in [6.45, 7) is 2.88. The first-order valence-electron chi connectivity index (χ1n) is 6.70. The number of anilines is 1. The Morgan fingerprint density at radius 2 is 1.88 bits per heavy atom. The van der Waals surface area contributed by atoms with Gasteiger partial charge in [0.1, 0.15) is 5.69 Å². The Morgan fingerprint density at radius 3 is 2.42 bits per heavy atom. The summed E-state index contributed by atoms with van der Waals surface area (Å²) in [4.78, 5) is 42.7. The summed E-state index contributed by atoms with van der Waals surface area (Å²) in [5.41, 5.74) is -0.128. The van der Waals surface area contributed by atoms with E-state index in [-0.39, 0.29) is 23.0 Å². The van der Waals surface area contributed by atoms with E-state index in [1.54, 1.807) is 0 Å². The molecule has 1 aromatic heterocycles. The molecule has 0 saturated carbocycles. The van der Waals surface area contributed by atoms with Crippen LogP contribution in [0, 0.1) is 0 Å². The molecule has 2 rings (SSSR count). The first-order valence-corrected chi connectivity index (χ1v) is 6.70. The number of aromatic nitrogens is 2. The molecule has 24 heavy (non-hydrogen) atoms. The number of carbonyl (C=O) groups excluding carboxylic acids is 3. The highest BCUT2D eigenvalue weighted by Crippen LogP contribution is 2.24. The average Bonchev–Trinajstić information content (AvgIpc) is 2.52. The second-order valence-corrected chi connectivity index (χ2v) is 4.99. The van der Waals surface area contributed by atoms with Crippen LogP contribution in [0.3, 0.4) is 0 Å². The lowest BCUT2D eigenvalue weighted by atomic mass is 10.2. The van der Waals surface area contributed by atoms with E-state index in [2.05, 4.69) is 20.0 Å². The predicted octanol–water partition coefficient (Wildman–Crippen LogP) is 0.404. The van der Waals surface area contributed by atoms with E-state index in [4.69, 9.17) is 14.2 Å². The van der Waals surface area contributed by atoms with Crippen LogP contribution in [0.2, 0.25) is 0 Å². The Balaban J connectivity index is 2.23. The number of esters is 3. The molecule has 0 bridgehead atoms. The van der Waals surface area contributed by atoms with Crippen LogP contribution in [-0.2, 0) is 23.8 Å². The zero-order valence-corrected chi connectivity index (χ0v) is 13.4. The Kier molecular flexibility index (Phi) is 4.67. The van der Waals surface area contributed by atoms with E-state index in [1.807, 2.05) is 0 Å². The van der Waals surface area contributed by atoms with Gasteiger partial charge in [0.15, 0.2) is 5.57 Å². The van der Waals surface area contributed by atoms with Gasteiger partial charge in [0.05, 0.1) is 20.4 Å². The predicted molar refractivity (Wildman–Crippen MR) is 77.9 cm³/mol. The lowest BCUT2D eigenvalue weighted by molar-refractivity contribution is -0.222. The molecule has 1 aromatic rings. The van der Waals surface area contributed by atoms with Gasteiger partial charge in [0.2, 0.25) is 11.7 Å². The molecular formula is C14H15N3O7. The SMILES string of the molecule is COC(=O)c1ncc(NC=C2C(=O)OC(C)(C)OC2=O)c(OC)n1. The van der Waals surface area contributed by atoms with Crippen LogP contribution in [0.15, 0.2) is 18.0 Å². The highest BCUT2D eigenvalue weighted by molar-refractivity contribution is 6.15. The molecule has 0 aliphatic carbocycles. The van der Waals surface area contributed by atoms with Crippen molar-refractivity contribution in [3.05, 3.63) is 23.8 Å². The van der Waals surface area contributed by atoms with Crippen molar-refractivity contribution in [3.8, 4) is 5.88 Å². The number of cyclic esters (lactones) is 2. The number of nitrogens with one attached hydrogen (secondary N) is 1. The molecule has 1 fully saturated rings. The standard InChI is InChI=1S/C14H15N3O7/c1-14(2)23-11(18)7(12(19)24-14)5-15-8-6-16-9(13(20)22-4)17-10(8)21-3/h5-6,15H,1-4H3. The molecule has 0 spiro atoms. The Hall–Kier alpha value is -3.17. The summed E-state index contributed by atoms with van der Waals surface area (Å²) in [6, 6.07) is 0. The van der Waals surface area contributed by atoms with Crippen LogP contribution in [0.4, 0.5) is 5.69 Å². The van der Waals surface area contributed by atoms with Gasteiger partial charge in [-0.1, -0.05) is 0 Å². The first kappa shape index (κ1) is 17.2. The highest BCUT2D eigenvalue weighted by atomic mass is 16.7. The third-order valence-electron chi connectivity index (χ3n) is 2.80. The van der Waals surface area contributed by atoms with E-state index in [0.717, 1.165) is 6.20 Å². The van der Waals surface area contributed by atoms with Crippen LogP contribution in [-0.4, -0.2) is 47.9 Å². The Bertz CT molecular complexity index is 705. The minimum atomic E-state index is -1.32. The van der Waals surface area contributed by atoms with Gasteiger partial charge in [0, 0.05) is 20.0 Å². The normalized spacial score (nSPS) is 15.9. The maximum Gasteiger partial charge on any atom is 0.376 e. The molecule has 1 aliphatic heterocycles. The zero-order valence-electron chi connectivity index (χ0n) is 13.4. The maximum absolute atomic E-state index is 11.8. The van der Waals surface area contributed by atoms with Crippen molar-refractivity contribution in [2.45, 2.75) is 19.6 Å². The number of hydrogen-bond donors (Lipinski definition) is 1. The van der Waals surface area contributed by atoms with Crippen molar-refractivity contribution < 1.29 is 33.3 Å². The monoisotopic (exact) mass is 337 g/mol. The third-order valence-corrected chi connectivity index (χ3v) is 2.80. The average molecular weight is 337 g/mol. The van der Waals surface area contributed by atoms with Gasteiger partial charge in [-0.05, 0) is 0 Å². The first-order chi connectivity index (χ1) is 11.3. The molecule has 0 atom stereocenters. The number of nitrogens with zero attached hydrogens (tertiary/aromatic N) is 2. The van der Waals surface area contributed by atoms with Crippen molar-refractivity contribution >= 4 is 23.6 Å². The quantitative estimate of drug-likeness (QED) is 0.468. The molecule has 128 valence electrons. The molecule has 1 aliphatic rings. The van der Waals surface area contributed by atoms with Gasteiger partial charge in [-0.2, -0.15) is 4.98 Å². The fraction of sp³-hybridized carbons (Fsp3) is 0.357. The van der Waals surface area contributed by atoms with Crippen molar-refractivity contribution in [1.29, 1.82) is 0 Å². The van der Waals surface area contributed by atoms with E-state index >= 15 is 0 Å². The summed E-state index contributed by atoms with van der Waals surface area (Å²) in [6.07, 6.45) is 2.32. The van der Waals surface area contributed by atoms with Gasteiger partial charge >= 0.3 is 17.9 Å². The molecule has 1 saturated heterocycles. The van der Waals surface area contributed by atoms with Crippen molar-refractivity contribution in [2.75, 3.05) is 19.5 Å². The third kappa shape index (κ3) is 3.59. The van der Waals surface area contributed by atoms with Gasteiger partial charge in [-0.3, -0.25) is 0 Å². The minimum absolute atomic E-state index is 0.0140. The molecule has 2 heterocycles. The van der Waals surface area contributed by atoms with Crippen LogP contribution < -0.4 is 10.1 Å². The fourth-order valence-corrected chi connectivity index (χ4v) is 1.74. The number of ether oxygens (including phenoxy) is 4. The van der Waals surface area contributed by atoms with Crippen LogP contribution >= 0.6 is 0 Å². The molecule has 0 radical (unpaired) electrons. The Morgan fingerprint density at radius 1 is 1.25 bits per heavy atom.